The second-order valence-electron chi connectivity index (χ2n) is 8.40. The maximum Gasteiger partial charge on any atom is 0.360 e. The van der Waals surface area contributed by atoms with Gasteiger partial charge in [-0.15, -0.1) is 0 Å². The highest BCUT2D eigenvalue weighted by atomic mass is 32.2. The van der Waals surface area contributed by atoms with Crippen molar-refractivity contribution in [3.63, 3.8) is 0 Å². The standard InChI is InChI=1S/C25H28N6O3S/c1-7-35(26,33)23-14(2)11-17(12-15(23)3)29-24-22(25(32)34-6)30-20(16(4)28-24)18-9-8-10-19-21(18)27-13-31(19)5/h8-13,26H,7H2,1-6H3,(H,28,29)/t35-/m1/s1. The summed E-state index contributed by atoms with van der Waals surface area (Å²) < 4.78 is 27.8. The van der Waals surface area contributed by atoms with Crippen molar-refractivity contribution < 1.29 is 13.7 Å². The Morgan fingerprint density at radius 2 is 1.86 bits per heavy atom. The Morgan fingerprint density at radius 3 is 2.49 bits per heavy atom. The van der Waals surface area contributed by atoms with Gasteiger partial charge in [0.15, 0.2) is 11.5 Å². The Kier molecular flexibility index (Phi) is 6.33. The van der Waals surface area contributed by atoms with Crippen molar-refractivity contribution in [3.8, 4) is 11.3 Å². The summed E-state index contributed by atoms with van der Waals surface area (Å²) in [5.74, 6) is -0.136. The van der Waals surface area contributed by atoms with Crippen LogP contribution in [0.1, 0.15) is 34.2 Å². The predicted molar refractivity (Wildman–Crippen MR) is 137 cm³/mol. The van der Waals surface area contributed by atoms with Crippen molar-refractivity contribution in [3.05, 3.63) is 59.2 Å². The first-order chi connectivity index (χ1) is 16.6. The predicted octanol–water partition coefficient (Wildman–Crippen LogP) is 4.91. The third-order valence-corrected chi connectivity index (χ3v) is 8.03. The SMILES string of the molecule is CC[S@@](=N)(=O)c1c(C)cc(Nc2nc(C)c(-c3cccc4c3ncn4C)nc2C(=O)OC)cc1C. The quantitative estimate of drug-likeness (QED) is 0.367. The van der Waals surface area contributed by atoms with Gasteiger partial charge >= 0.3 is 5.97 Å². The fourth-order valence-electron chi connectivity index (χ4n) is 4.27. The van der Waals surface area contributed by atoms with Gasteiger partial charge in [0.25, 0.3) is 0 Å². The molecule has 10 heteroatoms. The molecule has 9 nitrogen and oxygen atoms in total. The molecule has 0 unspecified atom stereocenters. The van der Waals surface area contributed by atoms with Crippen LogP contribution in [0.4, 0.5) is 11.5 Å². The van der Waals surface area contributed by atoms with E-state index >= 15 is 0 Å². The van der Waals surface area contributed by atoms with Crippen molar-refractivity contribution in [2.45, 2.75) is 32.6 Å². The molecule has 0 bridgehead atoms. The van der Waals surface area contributed by atoms with E-state index in [4.69, 9.17) is 9.52 Å². The third kappa shape index (κ3) is 4.37. The molecular weight excluding hydrogens is 464 g/mol. The van der Waals surface area contributed by atoms with Gasteiger partial charge in [0.05, 0.1) is 50.5 Å². The average molecular weight is 493 g/mol. The monoisotopic (exact) mass is 492 g/mol. The molecule has 0 amide bonds. The van der Waals surface area contributed by atoms with Crippen LogP contribution < -0.4 is 5.32 Å². The first kappa shape index (κ1) is 24.3. The summed E-state index contributed by atoms with van der Waals surface area (Å²) in [5.41, 5.74) is 5.78. The van der Waals surface area contributed by atoms with Crippen LogP contribution in [0.2, 0.25) is 0 Å². The van der Waals surface area contributed by atoms with Crippen LogP contribution in [0.5, 0.6) is 0 Å². The molecule has 0 fully saturated rings. The number of aromatic nitrogens is 4. The molecule has 1 atom stereocenters. The Bertz CT molecular complexity index is 1550. The van der Waals surface area contributed by atoms with Crippen molar-refractivity contribution in [2.75, 3.05) is 18.2 Å². The van der Waals surface area contributed by atoms with E-state index in [1.165, 1.54) is 7.11 Å². The highest BCUT2D eigenvalue weighted by Gasteiger charge is 2.22. The molecule has 0 spiro atoms. The highest BCUT2D eigenvalue weighted by molar-refractivity contribution is 7.92. The van der Waals surface area contributed by atoms with Crippen LogP contribution in [0.25, 0.3) is 22.3 Å². The zero-order chi connectivity index (χ0) is 25.5. The summed E-state index contributed by atoms with van der Waals surface area (Å²) in [7, 11) is 0.342. The van der Waals surface area contributed by atoms with Crippen LogP contribution in [0, 0.1) is 25.6 Å². The van der Waals surface area contributed by atoms with Crippen LogP contribution >= 0.6 is 0 Å². The molecule has 2 heterocycles. The van der Waals surface area contributed by atoms with E-state index in [-0.39, 0.29) is 17.3 Å². The van der Waals surface area contributed by atoms with Crippen molar-refractivity contribution in [1.29, 1.82) is 4.78 Å². The second kappa shape index (κ2) is 9.10. The highest BCUT2D eigenvalue weighted by Crippen LogP contribution is 2.32. The van der Waals surface area contributed by atoms with E-state index in [1.54, 1.807) is 25.4 Å². The molecule has 0 aliphatic carbocycles. The van der Waals surface area contributed by atoms with Gasteiger partial charge in [0, 0.05) is 24.1 Å². The number of hydrogen-bond acceptors (Lipinski definition) is 8. The topological polar surface area (TPSA) is 123 Å². The third-order valence-electron chi connectivity index (χ3n) is 5.92. The molecule has 2 aromatic carbocycles. The number of carbonyl (C=O) groups excluding carboxylic acids is 1. The van der Waals surface area contributed by atoms with E-state index in [2.05, 4.69) is 20.3 Å². The molecule has 35 heavy (non-hydrogen) atoms. The number of ether oxygens (including phenoxy) is 1. The lowest BCUT2D eigenvalue weighted by Gasteiger charge is -2.17. The Hall–Kier alpha value is -3.79. The number of aryl methyl sites for hydroxylation is 4. The number of rotatable bonds is 6. The summed E-state index contributed by atoms with van der Waals surface area (Å²) >= 11 is 0. The number of hydrogen-bond donors (Lipinski definition) is 2. The van der Waals surface area contributed by atoms with Crippen molar-refractivity contribution in [2.24, 2.45) is 7.05 Å². The Morgan fingerprint density at radius 1 is 1.17 bits per heavy atom. The summed E-state index contributed by atoms with van der Waals surface area (Å²) in [6, 6.07) is 9.38. The smallest absolute Gasteiger partial charge is 0.360 e. The van der Waals surface area contributed by atoms with Crippen LogP contribution in [0.3, 0.4) is 0 Å². The maximum atomic E-state index is 12.7. The van der Waals surface area contributed by atoms with Crippen LogP contribution in [0.15, 0.2) is 41.6 Å². The number of esters is 1. The number of nitrogens with zero attached hydrogens (tertiary/aromatic N) is 4. The Labute approximate surface area is 204 Å². The lowest BCUT2D eigenvalue weighted by molar-refractivity contribution is 0.0595. The minimum atomic E-state index is -2.87. The van der Waals surface area contributed by atoms with E-state index < -0.39 is 15.7 Å². The minimum Gasteiger partial charge on any atom is -0.464 e. The first-order valence-corrected chi connectivity index (χ1v) is 12.8. The minimum absolute atomic E-state index is 0.0401. The number of imidazole rings is 1. The van der Waals surface area contributed by atoms with Gasteiger partial charge in [-0.3, -0.25) is 0 Å². The number of para-hydroxylation sites is 1. The summed E-state index contributed by atoms with van der Waals surface area (Å²) in [6.07, 6.45) is 1.73. The fraction of sp³-hybridized carbons (Fsp3) is 0.280. The maximum absolute atomic E-state index is 12.7. The summed E-state index contributed by atoms with van der Waals surface area (Å²) in [5, 5.41) is 3.18. The lowest BCUT2D eigenvalue weighted by atomic mass is 10.1. The molecule has 0 aliphatic rings. The van der Waals surface area contributed by atoms with Gasteiger partial charge in [-0.25, -0.2) is 28.7 Å². The van der Waals surface area contributed by atoms with Gasteiger partial charge < -0.3 is 14.6 Å². The first-order valence-electron chi connectivity index (χ1n) is 11.1. The molecule has 0 radical (unpaired) electrons. The Balaban J connectivity index is 1.84. The lowest BCUT2D eigenvalue weighted by Crippen LogP contribution is -2.13. The molecule has 2 N–H and O–H groups in total. The van der Waals surface area contributed by atoms with E-state index in [1.807, 2.05) is 50.6 Å². The zero-order valence-electron chi connectivity index (χ0n) is 20.6. The number of nitrogens with one attached hydrogen (secondary N) is 2. The summed E-state index contributed by atoms with van der Waals surface area (Å²) in [4.78, 5) is 27.1. The fourth-order valence-corrected chi connectivity index (χ4v) is 5.72. The van der Waals surface area contributed by atoms with Gasteiger partial charge in [0.1, 0.15) is 0 Å². The molecule has 182 valence electrons. The van der Waals surface area contributed by atoms with E-state index in [0.717, 1.165) is 27.7 Å². The van der Waals surface area contributed by atoms with E-state index in [0.29, 0.717) is 22.0 Å². The molecule has 2 aromatic heterocycles. The number of anilines is 2. The molecule has 0 aliphatic heterocycles. The largest absolute Gasteiger partial charge is 0.464 e. The molecule has 4 aromatic rings. The van der Waals surface area contributed by atoms with Gasteiger partial charge in [0.2, 0.25) is 0 Å². The van der Waals surface area contributed by atoms with Crippen LogP contribution in [-0.4, -0.2) is 42.6 Å². The van der Waals surface area contributed by atoms with Crippen molar-refractivity contribution >= 4 is 38.2 Å². The number of methoxy groups -OCH3 is 1. The number of carbonyl (C=O) groups is 1. The molecule has 0 saturated carbocycles. The van der Waals surface area contributed by atoms with Crippen molar-refractivity contribution in [1.82, 2.24) is 19.5 Å². The zero-order valence-corrected chi connectivity index (χ0v) is 21.4. The number of fused-ring (bicyclic) bond motifs is 1. The molecule has 0 saturated heterocycles. The normalized spacial score (nSPS) is 13.0. The van der Waals surface area contributed by atoms with Gasteiger partial charge in [-0.05, 0) is 50.1 Å². The van der Waals surface area contributed by atoms with Crippen LogP contribution in [-0.2, 0) is 21.5 Å². The molecule has 4 rings (SSSR count). The number of benzene rings is 2. The summed E-state index contributed by atoms with van der Waals surface area (Å²) in [6.45, 7) is 7.22. The van der Waals surface area contributed by atoms with Gasteiger partial charge in [-0.2, -0.15) is 0 Å². The van der Waals surface area contributed by atoms with E-state index in [9.17, 15) is 9.00 Å². The second-order valence-corrected chi connectivity index (χ2v) is 10.7. The molecular formula is C25H28N6O3S. The average Bonchev–Trinajstić information content (AvgIpc) is 3.19. The van der Waals surface area contributed by atoms with Gasteiger partial charge in [-0.1, -0.05) is 19.1 Å².